The minimum absolute atomic E-state index is 0.00796. The van der Waals surface area contributed by atoms with Gasteiger partial charge in [0, 0.05) is 0 Å². The Bertz CT molecular complexity index is 328. The second-order valence-corrected chi connectivity index (χ2v) is 3.03. The van der Waals surface area contributed by atoms with E-state index in [4.69, 9.17) is 10.8 Å². The summed E-state index contributed by atoms with van der Waals surface area (Å²) in [6.07, 6.45) is 0. The number of nitrogen functional groups attached to an aromatic ring is 1. The normalized spacial score (nSPS) is 10.2. The largest absolute Gasteiger partial charge is 0.503 e. The van der Waals surface area contributed by atoms with Crippen molar-refractivity contribution in [3.05, 3.63) is 16.1 Å². The summed E-state index contributed by atoms with van der Waals surface area (Å²) in [6.45, 7) is 0. The molecule has 0 aliphatic heterocycles. The van der Waals surface area contributed by atoms with E-state index in [1.807, 2.05) is 0 Å². The molecule has 0 aromatic heterocycles. The molecule has 1 rings (SSSR count). The Kier molecular flexibility index (Phi) is 2.60. The van der Waals surface area contributed by atoms with Gasteiger partial charge in [-0.1, -0.05) is 0 Å². The number of aromatic hydroxyl groups is 1. The summed E-state index contributed by atoms with van der Waals surface area (Å²) in [6, 6.07) is 0. The highest BCUT2D eigenvalue weighted by molar-refractivity contribution is 9.10. The second kappa shape index (κ2) is 3.37. The first kappa shape index (κ1) is 10.0. The maximum atomic E-state index is 13.0. The topological polar surface area (TPSA) is 55.5 Å². The van der Waals surface area contributed by atoms with Crippen LogP contribution in [0.25, 0.3) is 0 Å². The molecule has 0 atom stereocenters. The lowest BCUT2D eigenvalue weighted by atomic mass is 10.2. The number of halogens is 3. The van der Waals surface area contributed by atoms with E-state index in [2.05, 4.69) is 20.7 Å². The fourth-order valence-corrected chi connectivity index (χ4v) is 1.35. The van der Waals surface area contributed by atoms with Crippen LogP contribution in [0.4, 0.5) is 14.5 Å². The van der Waals surface area contributed by atoms with Crippen LogP contribution in [0, 0.1) is 11.6 Å². The first-order valence-corrected chi connectivity index (χ1v) is 3.98. The van der Waals surface area contributed by atoms with Crippen LogP contribution in [0.1, 0.15) is 0 Å². The predicted molar refractivity (Wildman–Crippen MR) is 46.7 cm³/mol. The number of benzene rings is 1. The average Bonchev–Trinajstić information content (AvgIpc) is 2.13. The lowest BCUT2D eigenvalue weighted by molar-refractivity contribution is 0.354. The molecular formula is C7H6BrF2NO2. The molecule has 0 amide bonds. The van der Waals surface area contributed by atoms with Gasteiger partial charge >= 0.3 is 0 Å². The maximum Gasteiger partial charge on any atom is 0.206 e. The molecule has 0 unspecified atom stereocenters. The molecule has 0 aliphatic rings. The van der Waals surface area contributed by atoms with Crippen molar-refractivity contribution >= 4 is 21.6 Å². The molecule has 3 nitrogen and oxygen atoms in total. The molecule has 0 bridgehead atoms. The maximum absolute atomic E-state index is 13.0. The summed E-state index contributed by atoms with van der Waals surface area (Å²) < 4.78 is 30.3. The molecule has 1 aromatic carbocycles. The van der Waals surface area contributed by atoms with E-state index in [-0.39, 0.29) is 15.9 Å². The summed E-state index contributed by atoms with van der Waals surface area (Å²) in [7, 11) is 1.17. The number of ether oxygens (including phenoxy) is 1. The quantitative estimate of drug-likeness (QED) is 0.458. The first-order valence-electron chi connectivity index (χ1n) is 3.19. The van der Waals surface area contributed by atoms with Crippen molar-refractivity contribution in [2.75, 3.05) is 12.8 Å². The zero-order chi connectivity index (χ0) is 10.2. The van der Waals surface area contributed by atoms with E-state index in [1.54, 1.807) is 0 Å². The molecular weight excluding hydrogens is 248 g/mol. The van der Waals surface area contributed by atoms with Crippen molar-refractivity contribution in [2.24, 2.45) is 0 Å². The lowest BCUT2D eigenvalue weighted by Crippen LogP contribution is -1.99. The molecule has 13 heavy (non-hydrogen) atoms. The highest BCUT2D eigenvalue weighted by atomic mass is 79.9. The van der Waals surface area contributed by atoms with Gasteiger partial charge in [-0.25, -0.2) is 0 Å². The number of hydrogen-bond acceptors (Lipinski definition) is 3. The third-order valence-electron chi connectivity index (χ3n) is 1.50. The SMILES string of the molecule is COc1c(F)c(F)c(O)c(N)c1Br. The van der Waals surface area contributed by atoms with Gasteiger partial charge < -0.3 is 15.6 Å². The van der Waals surface area contributed by atoms with Crippen molar-refractivity contribution in [1.29, 1.82) is 0 Å². The summed E-state index contributed by atoms with van der Waals surface area (Å²) in [5.74, 6) is -3.99. The minimum atomic E-state index is -1.42. The summed E-state index contributed by atoms with van der Waals surface area (Å²) in [4.78, 5) is 0. The van der Waals surface area contributed by atoms with Crippen molar-refractivity contribution < 1.29 is 18.6 Å². The molecule has 0 spiro atoms. The van der Waals surface area contributed by atoms with Crippen molar-refractivity contribution in [3.8, 4) is 11.5 Å². The molecule has 0 saturated heterocycles. The highest BCUT2D eigenvalue weighted by Gasteiger charge is 2.21. The fourth-order valence-electron chi connectivity index (χ4n) is 0.824. The average molecular weight is 254 g/mol. The van der Waals surface area contributed by atoms with E-state index in [1.165, 1.54) is 7.11 Å². The summed E-state index contributed by atoms with van der Waals surface area (Å²) in [5, 5.41) is 8.96. The molecule has 0 radical (unpaired) electrons. The molecule has 0 fully saturated rings. The zero-order valence-electron chi connectivity index (χ0n) is 6.57. The third-order valence-corrected chi connectivity index (χ3v) is 2.28. The number of anilines is 1. The summed E-state index contributed by atoms with van der Waals surface area (Å²) >= 11 is 2.86. The van der Waals surface area contributed by atoms with Gasteiger partial charge in [-0.15, -0.1) is 0 Å². The number of hydrogen-bond donors (Lipinski definition) is 2. The summed E-state index contributed by atoms with van der Waals surface area (Å²) in [5.41, 5.74) is 4.95. The van der Waals surface area contributed by atoms with Crippen LogP contribution in [0.2, 0.25) is 0 Å². The van der Waals surface area contributed by atoms with Gasteiger partial charge in [0.2, 0.25) is 11.6 Å². The Morgan fingerprint density at radius 2 is 1.92 bits per heavy atom. The van der Waals surface area contributed by atoms with Crippen LogP contribution >= 0.6 is 15.9 Å². The van der Waals surface area contributed by atoms with Crippen LogP contribution in [0.15, 0.2) is 4.47 Å². The number of nitrogens with two attached hydrogens (primary N) is 1. The lowest BCUT2D eigenvalue weighted by Gasteiger charge is -2.09. The third kappa shape index (κ3) is 1.41. The molecule has 0 saturated carbocycles. The number of rotatable bonds is 1. The molecule has 0 aliphatic carbocycles. The van der Waals surface area contributed by atoms with Crippen molar-refractivity contribution in [2.45, 2.75) is 0 Å². The monoisotopic (exact) mass is 253 g/mol. The molecule has 0 heterocycles. The molecule has 6 heteroatoms. The van der Waals surface area contributed by atoms with Gasteiger partial charge in [0.05, 0.1) is 17.3 Å². The zero-order valence-corrected chi connectivity index (χ0v) is 8.15. The van der Waals surface area contributed by atoms with E-state index >= 15 is 0 Å². The Hall–Kier alpha value is -1.04. The number of methoxy groups -OCH3 is 1. The van der Waals surface area contributed by atoms with Crippen LogP contribution in [-0.2, 0) is 0 Å². The van der Waals surface area contributed by atoms with E-state index in [9.17, 15) is 8.78 Å². The highest BCUT2D eigenvalue weighted by Crippen LogP contribution is 2.41. The van der Waals surface area contributed by atoms with E-state index in [0.717, 1.165) is 0 Å². The molecule has 1 aromatic rings. The fraction of sp³-hybridized carbons (Fsp3) is 0.143. The molecule has 3 N–H and O–H groups in total. The van der Waals surface area contributed by atoms with Gasteiger partial charge in [0.1, 0.15) is 0 Å². The van der Waals surface area contributed by atoms with Crippen molar-refractivity contribution in [3.63, 3.8) is 0 Å². The van der Waals surface area contributed by atoms with Gasteiger partial charge in [-0.05, 0) is 15.9 Å². The van der Waals surface area contributed by atoms with Gasteiger partial charge in [0.25, 0.3) is 0 Å². The van der Waals surface area contributed by atoms with Gasteiger partial charge in [0.15, 0.2) is 11.5 Å². The standard InChI is InChI=1S/C7H6BrF2NO2/c1-13-7-2(8)5(11)6(12)3(9)4(7)10/h12H,11H2,1H3. The van der Waals surface area contributed by atoms with Crippen molar-refractivity contribution in [1.82, 2.24) is 0 Å². The number of phenols is 1. The smallest absolute Gasteiger partial charge is 0.206 e. The molecule has 72 valence electrons. The Balaban J connectivity index is 3.56. The van der Waals surface area contributed by atoms with E-state index in [0.29, 0.717) is 0 Å². The minimum Gasteiger partial charge on any atom is -0.503 e. The van der Waals surface area contributed by atoms with Crippen LogP contribution in [0.3, 0.4) is 0 Å². The first-order chi connectivity index (χ1) is 6.00. The Labute approximate surface area is 81.2 Å². The predicted octanol–water partition coefficient (Wildman–Crippen LogP) is 2.02. The Morgan fingerprint density at radius 3 is 2.38 bits per heavy atom. The van der Waals surface area contributed by atoms with Crippen LogP contribution in [-0.4, -0.2) is 12.2 Å². The van der Waals surface area contributed by atoms with E-state index < -0.39 is 17.4 Å². The van der Waals surface area contributed by atoms with Crippen LogP contribution in [0.5, 0.6) is 11.5 Å². The number of phenolic OH excluding ortho intramolecular Hbond substituents is 1. The van der Waals surface area contributed by atoms with Gasteiger partial charge in [-0.3, -0.25) is 0 Å². The Morgan fingerprint density at radius 1 is 1.38 bits per heavy atom. The van der Waals surface area contributed by atoms with Crippen LogP contribution < -0.4 is 10.5 Å². The second-order valence-electron chi connectivity index (χ2n) is 2.24. The van der Waals surface area contributed by atoms with Gasteiger partial charge in [-0.2, -0.15) is 8.78 Å².